The summed E-state index contributed by atoms with van der Waals surface area (Å²) in [5.74, 6) is 0.527. The standard InChI is InChI=1S/C30H40ClN5O3/c1-20(2)15-22(21-9-11-23(31)12-10-21)16-32-28(37)26-7-6-8-27-33-24(18-35(26)27)17-34-14-13-25(19-34)36(29(38)39)30(3,4)5/h6-12,18,20,22,25H,13-17,19H2,1-5H3,(H,32,37)(H,38,39). The van der Waals surface area contributed by atoms with Crippen LogP contribution in [0, 0.1) is 5.92 Å². The molecular formula is C30H40ClN5O3. The molecule has 39 heavy (non-hydrogen) atoms. The van der Waals surface area contributed by atoms with Gasteiger partial charge in [-0.1, -0.05) is 43.6 Å². The number of pyridine rings is 1. The van der Waals surface area contributed by atoms with Crippen molar-refractivity contribution in [3.63, 3.8) is 0 Å². The summed E-state index contributed by atoms with van der Waals surface area (Å²) in [6.07, 6.45) is 2.77. The first-order chi connectivity index (χ1) is 18.4. The van der Waals surface area contributed by atoms with Gasteiger partial charge < -0.3 is 10.4 Å². The molecule has 1 aliphatic rings. The second-order valence-corrected chi connectivity index (χ2v) is 12.4. The molecule has 9 heteroatoms. The van der Waals surface area contributed by atoms with Gasteiger partial charge in [0.25, 0.3) is 5.91 Å². The molecule has 2 N–H and O–H groups in total. The number of amides is 2. The van der Waals surface area contributed by atoms with Gasteiger partial charge >= 0.3 is 6.09 Å². The van der Waals surface area contributed by atoms with E-state index in [-0.39, 0.29) is 17.9 Å². The minimum atomic E-state index is -0.885. The van der Waals surface area contributed by atoms with E-state index in [9.17, 15) is 14.7 Å². The van der Waals surface area contributed by atoms with Crippen molar-refractivity contribution in [3.05, 3.63) is 70.6 Å². The van der Waals surface area contributed by atoms with E-state index in [1.54, 1.807) is 4.90 Å². The molecule has 3 aromatic rings. The van der Waals surface area contributed by atoms with Crippen LogP contribution in [0.4, 0.5) is 4.79 Å². The maximum atomic E-state index is 13.3. The van der Waals surface area contributed by atoms with Gasteiger partial charge in [0.1, 0.15) is 11.3 Å². The number of hydrogen-bond acceptors (Lipinski definition) is 4. The van der Waals surface area contributed by atoms with Crippen molar-refractivity contribution in [2.45, 2.75) is 71.5 Å². The van der Waals surface area contributed by atoms with Gasteiger partial charge in [0.15, 0.2) is 0 Å². The van der Waals surface area contributed by atoms with Crippen LogP contribution in [-0.2, 0) is 6.54 Å². The number of hydrogen-bond donors (Lipinski definition) is 2. The van der Waals surface area contributed by atoms with Gasteiger partial charge in [-0.2, -0.15) is 0 Å². The fourth-order valence-corrected chi connectivity index (χ4v) is 5.78. The molecule has 2 atom stereocenters. The topological polar surface area (TPSA) is 90.2 Å². The SMILES string of the molecule is CC(C)CC(CNC(=O)c1cccc2nc(CN3CCC(N(C(=O)O)C(C)(C)C)C3)cn12)c1ccc(Cl)cc1. The van der Waals surface area contributed by atoms with Gasteiger partial charge in [-0.05, 0) is 69.4 Å². The summed E-state index contributed by atoms with van der Waals surface area (Å²) in [5, 5.41) is 13.6. The number of aromatic nitrogens is 2. The molecule has 2 unspecified atom stereocenters. The van der Waals surface area contributed by atoms with E-state index < -0.39 is 11.6 Å². The number of fused-ring (bicyclic) bond motifs is 1. The van der Waals surface area contributed by atoms with Gasteiger partial charge in [0, 0.05) is 54.9 Å². The molecule has 4 rings (SSSR count). The monoisotopic (exact) mass is 553 g/mol. The average Bonchev–Trinajstić information content (AvgIpc) is 3.47. The van der Waals surface area contributed by atoms with Gasteiger partial charge in [0.05, 0.1) is 5.69 Å². The normalized spacial score (nSPS) is 17.1. The molecule has 0 bridgehead atoms. The van der Waals surface area contributed by atoms with Gasteiger partial charge in [-0.15, -0.1) is 0 Å². The summed E-state index contributed by atoms with van der Waals surface area (Å²) in [7, 11) is 0. The molecule has 0 aliphatic carbocycles. The van der Waals surface area contributed by atoms with E-state index in [0.717, 1.165) is 30.6 Å². The smallest absolute Gasteiger partial charge is 0.408 e. The van der Waals surface area contributed by atoms with Gasteiger partial charge in [-0.25, -0.2) is 9.78 Å². The lowest BCUT2D eigenvalue weighted by Gasteiger charge is -2.38. The maximum Gasteiger partial charge on any atom is 0.408 e. The van der Waals surface area contributed by atoms with Crippen LogP contribution >= 0.6 is 11.6 Å². The van der Waals surface area contributed by atoms with E-state index in [0.29, 0.717) is 41.9 Å². The van der Waals surface area contributed by atoms with Crippen LogP contribution in [0.1, 0.15) is 75.1 Å². The third-order valence-corrected chi connectivity index (χ3v) is 7.56. The summed E-state index contributed by atoms with van der Waals surface area (Å²) >= 11 is 6.08. The first-order valence-corrected chi connectivity index (χ1v) is 14.1. The zero-order chi connectivity index (χ0) is 28.3. The molecule has 3 heterocycles. The summed E-state index contributed by atoms with van der Waals surface area (Å²) in [6.45, 7) is 12.7. The third kappa shape index (κ3) is 7.11. The quantitative estimate of drug-likeness (QED) is 0.344. The zero-order valence-corrected chi connectivity index (χ0v) is 24.3. The Morgan fingerprint density at radius 1 is 1.18 bits per heavy atom. The molecule has 8 nitrogen and oxygen atoms in total. The maximum absolute atomic E-state index is 13.3. The fraction of sp³-hybridized carbons (Fsp3) is 0.500. The van der Waals surface area contributed by atoms with Crippen LogP contribution in [0.3, 0.4) is 0 Å². The van der Waals surface area contributed by atoms with E-state index in [1.165, 1.54) is 0 Å². The lowest BCUT2D eigenvalue weighted by molar-refractivity contribution is 0.0718. The Balaban J connectivity index is 1.45. The summed E-state index contributed by atoms with van der Waals surface area (Å²) in [5.41, 5.74) is 2.81. The van der Waals surface area contributed by atoms with Crippen molar-refractivity contribution in [2.24, 2.45) is 5.92 Å². The summed E-state index contributed by atoms with van der Waals surface area (Å²) < 4.78 is 1.84. The Kier molecular flexibility index (Phi) is 8.86. The van der Waals surface area contributed by atoms with Crippen LogP contribution in [0.2, 0.25) is 5.02 Å². The molecule has 2 aromatic heterocycles. The number of nitrogens with one attached hydrogen (secondary N) is 1. The minimum absolute atomic E-state index is 0.0553. The Morgan fingerprint density at radius 3 is 2.54 bits per heavy atom. The van der Waals surface area contributed by atoms with E-state index in [4.69, 9.17) is 16.6 Å². The number of carbonyl (C=O) groups is 2. The van der Waals surface area contributed by atoms with Crippen molar-refractivity contribution >= 4 is 29.2 Å². The predicted molar refractivity (Wildman–Crippen MR) is 154 cm³/mol. The first-order valence-electron chi connectivity index (χ1n) is 13.7. The second kappa shape index (κ2) is 12.0. The lowest BCUT2D eigenvalue weighted by atomic mass is 9.90. The highest BCUT2D eigenvalue weighted by molar-refractivity contribution is 6.30. The number of likely N-dealkylation sites (tertiary alicyclic amines) is 1. The minimum Gasteiger partial charge on any atom is -0.465 e. The van der Waals surface area contributed by atoms with Gasteiger partial charge in [0.2, 0.25) is 0 Å². The highest BCUT2D eigenvalue weighted by Crippen LogP contribution is 2.26. The van der Waals surface area contributed by atoms with E-state index >= 15 is 0 Å². The number of carboxylic acid groups (broad SMARTS) is 1. The van der Waals surface area contributed by atoms with Gasteiger partial charge in [-0.3, -0.25) is 19.0 Å². The number of imidazole rings is 1. The highest BCUT2D eigenvalue weighted by Gasteiger charge is 2.37. The van der Waals surface area contributed by atoms with Crippen molar-refractivity contribution < 1.29 is 14.7 Å². The van der Waals surface area contributed by atoms with Crippen LogP contribution in [0.5, 0.6) is 0 Å². The van der Waals surface area contributed by atoms with Crippen molar-refractivity contribution in [1.82, 2.24) is 24.5 Å². The largest absolute Gasteiger partial charge is 0.465 e. The van der Waals surface area contributed by atoms with Crippen LogP contribution in [0.15, 0.2) is 48.7 Å². The van der Waals surface area contributed by atoms with Crippen LogP contribution < -0.4 is 5.32 Å². The average molecular weight is 554 g/mol. The molecule has 1 aromatic carbocycles. The Bertz CT molecular complexity index is 1300. The van der Waals surface area contributed by atoms with Crippen molar-refractivity contribution in [2.75, 3.05) is 19.6 Å². The fourth-order valence-electron chi connectivity index (χ4n) is 5.66. The predicted octanol–water partition coefficient (Wildman–Crippen LogP) is 5.90. The molecule has 1 aliphatic heterocycles. The first kappa shape index (κ1) is 28.9. The molecule has 0 spiro atoms. The zero-order valence-electron chi connectivity index (χ0n) is 23.5. The molecule has 1 fully saturated rings. The number of halogens is 1. The summed E-state index contributed by atoms with van der Waals surface area (Å²) in [4.78, 5) is 33.8. The molecule has 1 saturated heterocycles. The lowest BCUT2D eigenvalue weighted by Crippen LogP contribution is -2.52. The van der Waals surface area contributed by atoms with Crippen molar-refractivity contribution in [3.8, 4) is 0 Å². The molecule has 0 radical (unpaired) electrons. The van der Waals surface area contributed by atoms with E-state index in [2.05, 4.69) is 24.1 Å². The molecular weight excluding hydrogens is 514 g/mol. The number of rotatable bonds is 9. The van der Waals surface area contributed by atoms with Crippen molar-refractivity contribution in [1.29, 1.82) is 0 Å². The molecule has 210 valence electrons. The highest BCUT2D eigenvalue weighted by atomic mass is 35.5. The third-order valence-electron chi connectivity index (χ3n) is 7.31. The summed E-state index contributed by atoms with van der Waals surface area (Å²) in [6, 6.07) is 13.4. The second-order valence-electron chi connectivity index (χ2n) is 12.0. The van der Waals surface area contributed by atoms with Crippen LogP contribution in [0.25, 0.3) is 5.65 Å². The number of benzene rings is 1. The molecule has 2 amide bonds. The van der Waals surface area contributed by atoms with Crippen LogP contribution in [-0.4, -0.2) is 67.5 Å². The Morgan fingerprint density at radius 2 is 1.90 bits per heavy atom. The number of nitrogens with zero attached hydrogens (tertiary/aromatic N) is 4. The number of carbonyl (C=O) groups excluding carboxylic acids is 1. The molecule has 0 saturated carbocycles. The van der Waals surface area contributed by atoms with E-state index in [1.807, 2.05) is 73.8 Å². The Labute approximate surface area is 236 Å². The Hall–Kier alpha value is -3.10.